The molecule has 0 amide bonds. The van der Waals surface area contributed by atoms with Gasteiger partial charge in [0.2, 0.25) is 0 Å². The smallest absolute Gasteiger partial charge is 0.154 e. The molecule has 19 heavy (non-hydrogen) atoms. The minimum atomic E-state index is 0.582. The third kappa shape index (κ3) is 2.56. The first-order valence-electron chi connectivity index (χ1n) is 7.15. The topological polar surface area (TPSA) is 45.5 Å². The number of hydrogen-bond acceptors (Lipinski definition) is 4. The van der Waals surface area contributed by atoms with E-state index in [1.165, 1.54) is 19.3 Å². The average Bonchev–Trinajstić information content (AvgIpc) is 2.94. The molecular weight excluding hydrogens is 238 g/mol. The molecule has 0 bridgehead atoms. The number of rotatable bonds is 4. The third-order valence-electron chi connectivity index (χ3n) is 3.84. The normalized spacial score (nSPS) is 19.7. The molecule has 1 saturated heterocycles. The van der Waals surface area contributed by atoms with Crippen molar-refractivity contribution in [2.45, 2.75) is 32.2 Å². The van der Waals surface area contributed by atoms with Gasteiger partial charge in [-0.3, -0.25) is 0 Å². The van der Waals surface area contributed by atoms with E-state index in [9.17, 15) is 0 Å². The van der Waals surface area contributed by atoms with Gasteiger partial charge in [0, 0.05) is 31.5 Å². The Morgan fingerprint density at radius 2 is 2.37 bits per heavy atom. The zero-order valence-electron chi connectivity index (χ0n) is 11.4. The molecule has 5 heteroatoms. The van der Waals surface area contributed by atoms with Crippen molar-refractivity contribution >= 4 is 11.3 Å². The van der Waals surface area contributed by atoms with Gasteiger partial charge < -0.3 is 10.2 Å². The largest absolute Gasteiger partial charge is 0.354 e. The Labute approximate surface area is 113 Å². The molecule has 1 N–H and O–H groups in total. The second kappa shape index (κ2) is 5.57. The van der Waals surface area contributed by atoms with Crippen molar-refractivity contribution in [1.29, 1.82) is 0 Å². The third-order valence-corrected chi connectivity index (χ3v) is 3.84. The summed E-state index contributed by atoms with van der Waals surface area (Å²) in [6, 6.07) is 2.61. The van der Waals surface area contributed by atoms with Crippen molar-refractivity contribution in [2.24, 2.45) is 0 Å². The second-order valence-electron chi connectivity index (χ2n) is 5.10. The van der Waals surface area contributed by atoms with Crippen molar-refractivity contribution in [1.82, 2.24) is 19.9 Å². The van der Waals surface area contributed by atoms with Gasteiger partial charge in [-0.15, -0.1) is 0 Å². The van der Waals surface area contributed by atoms with Gasteiger partial charge in [-0.2, -0.15) is 5.10 Å². The van der Waals surface area contributed by atoms with Gasteiger partial charge in [0.05, 0.1) is 6.20 Å². The number of anilines is 1. The van der Waals surface area contributed by atoms with E-state index >= 15 is 0 Å². The molecule has 1 aliphatic rings. The standard InChI is InChI=1S/C14H21N5/c1-2-18(11-12-5-3-4-7-15-12)14-13-6-8-17-19(13)10-9-16-14/h6,8-10,12,15H,2-5,7,11H2,1H3. The maximum Gasteiger partial charge on any atom is 0.154 e. The van der Waals surface area contributed by atoms with Crippen LogP contribution >= 0.6 is 0 Å². The van der Waals surface area contributed by atoms with Crippen LogP contribution in [0.25, 0.3) is 5.52 Å². The quantitative estimate of drug-likeness (QED) is 0.907. The van der Waals surface area contributed by atoms with E-state index in [0.717, 1.165) is 31.0 Å². The Morgan fingerprint density at radius 1 is 1.42 bits per heavy atom. The van der Waals surface area contributed by atoms with Crippen LogP contribution in [0.1, 0.15) is 26.2 Å². The van der Waals surface area contributed by atoms with Gasteiger partial charge in [0.1, 0.15) is 5.52 Å². The summed E-state index contributed by atoms with van der Waals surface area (Å²) < 4.78 is 1.89. The van der Waals surface area contributed by atoms with Crippen molar-refractivity contribution in [3.05, 3.63) is 24.7 Å². The fraction of sp³-hybridized carbons (Fsp3) is 0.571. The number of likely N-dealkylation sites (N-methyl/N-ethyl adjacent to an activating group) is 1. The number of nitrogens with one attached hydrogen (secondary N) is 1. The van der Waals surface area contributed by atoms with E-state index in [-0.39, 0.29) is 0 Å². The highest BCUT2D eigenvalue weighted by Crippen LogP contribution is 2.19. The molecule has 1 fully saturated rings. The fourth-order valence-electron chi connectivity index (χ4n) is 2.80. The molecule has 0 aromatic carbocycles. The van der Waals surface area contributed by atoms with E-state index in [2.05, 4.69) is 27.2 Å². The molecule has 3 heterocycles. The molecule has 5 nitrogen and oxygen atoms in total. The highest BCUT2D eigenvalue weighted by atomic mass is 15.3. The SMILES string of the molecule is CCN(CC1CCCCN1)c1nccn2nccc12. The summed E-state index contributed by atoms with van der Waals surface area (Å²) in [7, 11) is 0. The Hall–Kier alpha value is -1.62. The van der Waals surface area contributed by atoms with E-state index in [1.54, 1.807) is 0 Å². The summed E-state index contributed by atoms with van der Waals surface area (Å²) in [4.78, 5) is 6.90. The molecule has 0 saturated carbocycles. The molecule has 1 atom stereocenters. The molecule has 2 aromatic heterocycles. The molecule has 3 rings (SSSR count). The lowest BCUT2D eigenvalue weighted by Gasteiger charge is -2.30. The second-order valence-corrected chi connectivity index (χ2v) is 5.10. The molecule has 0 radical (unpaired) electrons. The Balaban J connectivity index is 1.82. The maximum absolute atomic E-state index is 4.55. The van der Waals surface area contributed by atoms with Crippen molar-refractivity contribution in [2.75, 3.05) is 24.5 Å². The van der Waals surface area contributed by atoms with Crippen LogP contribution in [-0.4, -0.2) is 40.3 Å². The van der Waals surface area contributed by atoms with E-state index in [4.69, 9.17) is 0 Å². The minimum absolute atomic E-state index is 0.582. The predicted molar refractivity (Wildman–Crippen MR) is 76.5 cm³/mol. The van der Waals surface area contributed by atoms with E-state index in [1.807, 2.05) is 29.2 Å². The first kappa shape index (κ1) is 12.4. The summed E-state index contributed by atoms with van der Waals surface area (Å²) in [6.07, 6.45) is 9.45. The van der Waals surface area contributed by atoms with E-state index in [0.29, 0.717) is 6.04 Å². The van der Waals surface area contributed by atoms with Gasteiger partial charge in [-0.25, -0.2) is 9.50 Å². The Bertz CT molecular complexity index is 529. The van der Waals surface area contributed by atoms with Crippen LogP contribution in [0.4, 0.5) is 5.82 Å². The van der Waals surface area contributed by atoms with Crippen molar-refractivity contribution in [3.63, 3.8) is 0 Å². The number of hydrogen-bond donors (Lipinski definition) is 1. The average molecular weight is 259 g/mol. The van der Waals surface area contributed by atoms with Crippen LogP contribution in [0.15, 0.2) is 24.7 Å². The lowest BCUT2D eigenvalue weighted by atomic mass is 10.0. The highest BCUT2D eigenvalue weighted by Gasteiger charge is 2.18. The zero-order valence-corrected chi connectivity index (χ0v) is 11.4. The lowest BCUT2D eigenvalue weighted by molar-refractivity contribution is 0.400. The molecule has 1 unspecified atom stereocenters. The predicted octanol–water partition coefficient (Wildman–Crippen LogP) is 1.70. The number of aromatic nitrogens is 3. The lowest BCUT2D eigenvalue weighted by Crippen LogP contribution is -2.44. The number of fused-ring (bicyclic) bond motifs is 1. The van der Waals surface area contributed by atoms with Gasteiger partial charge in [0.25, 0.3) is 0 Å². The summed E-state index contributed by atoms with van der Waals surface area (Å²) in [6.45, 7) is 5.32. The van der Waals surface area contributed by atoms with Gasteiger partial charge in [0.15, 0.2) is 5.82 Å². The molecule has 102 valence electrons. The zero-order chi connectivity index (χ0) is 13.1. The fourth-order valence-corrected chi connectivity index (χ4v) is 2.80. The summed E-state index contributed by atoms with van der Waals surface area (Å²) in [5.74, 6) is 1.04. The maximum atomic E-state index is 4.55. The summed E-state index contributed by atoms with van der Waals surface area (Å²) in [5.41, 5.74) is 1.08. The van der Waals surface area contributed by atoms with Crippen LogP contribution in [0.3, 0.4) is 0 Å². The summed E-state index contributed by atoms with van der Waals surface area (Å²) >= 11 is 0. The van der Waals surface area contributed by atoms with Crippen LogP contribution in [0, 0.1) is 0 Å². The molecule has 0 spiro atoms. The van der Waals surface area contributed by atoms with Crippen LogP contribution < -0.4 is 10.2 Å². The molecule has 0 aliphatic carbocycles. The number of nitrogens with zero attached hydrogens (tertiary/aromatic N) is 4. The van der Waals surface area contributed by atoms with E-state index < -0.39 is 0 Å². The van der Waals surface area contributed by atoms with Crippen molar-refractivity contribution in [3.8, 4) is 0 Å². The monoisotopic (exact) mass is 259 g/mol. The first-order valence-corrected chi connectivity index (χ1v) is 7.15. The Morgan fingerprint density at radius 3 is 3.16 bits per heavy atom. The van der Waals surface area contributed by atoms with Crippen LogP contribution in [0.5, 0.6) is 0 Å². The molecule has 1 aliphatic heterocycles. The van der Waals surface area contributed by atoms with Gasteiger partial charge in [-0.1, -0.05) is 6.42 Å². The van der Waals surface area contributed by atoms with Crippen LogP contribution in [-0.2, 0) is 0 Å². The number of piperidine rings is 1. The Kier molecular flexibility index (Phi) is 3.64. The van der Waals surface area contributed by atoms with Crippen LogP contribution in [0.2, 0.25) is 0 Å². The summed E-state index contributed by atoms with van der Waals surface area (Å²) in [5, 5.41) is 7.88. The van der Waals surface area contributed by atoms with Crippen molar-refractivity contribution < 1.29 is 0 Å². The van der Waals surface area contributed by atoms with Gasteiger partial charge in [-0.05, 0) is 32.4 Å². The highest BCUT2D eigenvalue weighted by molar-refractivity contribution is 5.68. The first-order chi connectivity index (χ1) is 9.38. The van der Waals surface area contributed by atoms with Gasteiger partial charge >= 0.3 is 0 Å². The molecule has 2 aromatic rings. The minimum Gasteiger partial charge on any atom is -0.354 e. The molecular formula is C14H21N5.